The van der Waals surface area contributed by atoms with Crippen LogP contribution in [0.15, 0.2) is 39.6 Å². The Bertz CT molecular complexity index is 451. The van der Waals surface area contributed by atoms with Crippen LogP contribution in [-0.2, 0) is 9.84 Å². The monoisotopic (exact) mass is 276 g/mol. The van der Waals surface area contributed by atoms with Crippen LogP contribution in [0.1, 0.15) is 0 Å². The van der Waals surface area contributed by atoms with E-state index in [2.05, 4.69) is 22.5 Å². The largest absolute Gasteiger partial charge is 0.495 e. The zero-order valence-electron chi connectivity index (χ0n) is 7.53. The summed E-state index contributed by atoms with van der Waals surface area (Å²) in [6.45, 7) is 3.25. The Morgan fingerprint density at radius 2 is 2.14 bits per heavy atom. The molecular weight excluding hydrogens is 268 g/mol. The fourth-order valence-electron chi connectivity index (χ4n) is 0.963. The van der Waals surface area contributed by atoms with E-state index in [4.69, 9.17) is 4.74 Å². The average molecular weight is 277 g/mol. The van der Waals surface area contributed by atoms with Crippen molar-refractivity contribution < 1.29 is 13.2 Å². The Hall–Kier alpha value is -0.810. The summed E-state index contributed by atoms with van der Waals surface area (Å²) in [4.78, 5) is 0.115. The van der Waals surface area contributed by atoms with Crippen LogP contribution in [-0.4, -0.2) is 15.5 Å². The molecule has 0 aliphatic rings. The minimum absolute atomic E-state index is 0.115. The average Bonchev–Trinajstić information content (AvgIpc) is 2.18. The van der Waals surface area contributed by atoms with Crippen molar-refractivity contribution >= 4 is 25.8 Å². The van der Waals surface area contributed by atoms with Gasteiger partial charge in [0.05, 0.1) is 7.11 Å². The van der Waals surface area contributed by atoms with Crippen LogP contribution in [0.3, 0.4) is 0 Å². The third kappa shape index (κ3) is 2.16. The number of rotatable bonds is 3. The second-order valence-corrected chi connectivity index (χ2v) is 5.29. The highest BCUT2D eigenvalue weighted by Gasteiger charge is 2.15. The van der Waals surface area contributed by atoms with Gasteiger partial charge in [-0.2, -0.15) is 0 Å². The first-order valence-corrected chi connectivity index (χ1v) is 6.06. The van der Waals surface area contributed by atoms with Crippen molar-refractivity contribution in [1.82, 2.24) is 0 Å². The van der Waals surface area contributed by atoms with E-state index in [9.17, 15) is 8.42 Å². The lowest BCUT2D eigenvalue weighted by molar-refractivity contribution is 0.403. The van der Waals surface area contributed by atoms with Gasteiger partial charge in [-0.3, -0.25) is 0 Å². The normalized spacial score (nSPS) is 11.0. The second kappa shape index (κ2) is 4.14. The Morgan fingerprint density at radius 1 is 1.50 bits per heavy atom. The van der Waals surface area contributed by atoms with E-state index in [-0.39, 0.29) is 4.90 Å². The Labute approximate surface area is 91.4 Å². The van der Waals surface area contributed by atoms with Gasteiger partial charge < -0.3 is 4.74 Å². The zero-order chi connectivity index (χ0) is 10.8. The van der Waals surface area contributed by atoms with Gasteiger partial charge in [-0.05, 0) is 18.2 Å². The molecular formula is C9H9BrO3S. The molecule has 0 fully saturated rings. The van der Waals surface area contributed by atoms with Crippen molar-refractivity contribution in [3.8, 4) is 5.75 Å². The van der Waals surface area contributed by atoms with Crippen LogP contribution in [0.25, 0.3) is 0 Å². The molecule has 0 spiro atoms. The van der Waals surface area contributed by atoms with Gasteiger partial charge in [0.15, 0.2) is 0 Å². The van der Waals surface area contributed by atoms with E-state index in [1.807, 2.05) is 0 Å². The van der Waals surface area contributed by atoms with E-state index >= 15 is 0 Å². The molecule has 0 saturated carbocycles. The van der Waals surface area contributed by atoms with Gasteiger partial charge in [0.2, 0.25) is 9.84 Å². The third-order valence-corrected chi connectivity index (χ3v) is 3.52. The summed E-state index contributed by atoms with van der Waals surface area (Å²) in [5.74, 6) is 0.313. The molecule has 1 aromatic rings. The number of methoxy groups -OCH3 is 1. The number of ether oxygens (including phenoxy) is 1. The number of benzene rings is 1. The van der Waals surface area contributed by atoms with Gasteiger partial charge in [-0.15, -0.1) is 0 Å². The van der Waals surface area contributed by atoms with E-state index in [1.54, 1.807) is 12.1 Å². The van der Waals surface area contributed by atoms with Gasteiger partial charge in [-0.25, -0.2) is 8.42 Å². The van der Waals surface area contributed by atoms with Crippen molar-refractivity contribution in [2.75, 3.05) is 7.11 Å². The molecule has 1 aromatic carbocycles. The lowest BCUT2D eigenvalue weighted by Gasteiger charge is -2.06. The molecule has 14 heavy (non-hydrogen) atoms. The minimum atomic E-state index is -3.45. The maximum Gasteiger partial charge on any atom is 0.202 e. The second-order valence-electron chi connectivity index (χ2n) is 2.51. The smallest absolute Gasteiger partial charge is 0.202 e. The topological polar surface area (TPSA) is 43.4 Å². The predicted molar refractivity (Wildman–Crippen MR) is 58.1 cm³/mol. The van der Waals surface area contributed by atoms with Gasteiger partial charge in [-0.1, -0.05) is 22.5 Å². The molecule has 0 aliphatic carbocycles. The van der Waals surface area contributed by atoms with Gasteiger partial charge in [0, 0.05) is 9.88 Å². The summed E-state index contributed by atoms with van der Waals surface area (Å²) in [5.41, 5.74) is 0. The van der Waals surface area contributed by atoms with Gasteiger partial charge >= 0.3 is 0 Å². The summed E-state index contributed by atoms with van der Waals surface area (Å²) >= 11 is 3.19. The first-order chi connectivity index (χ1) is 6.51. The summed E-state index contributed by atoms with van der Waals surface area (Å²) in [6, 6.07) is 4.78. The Morgan fingerprint density at radius 3 is 2.64 bits per heavy atom. The van der Waals surface area contributed by atoms with Crippen molar-refractivity contribution in [3.05, 3.63) is 34.7 Å². The maximum atomic E-state index is 11.5. The zero-order valence-corrected chi connectivity index (χ0v) is 9.93. The molecule has 0 unspecified atom stereocenters. The van der Waals surface area contributed by atoms with E-state index in [1.165, 1.54) is 13.2 Å². The number of halogens is 1. The summed E-state index contributed by atoms with van der Waals surface area (Å²) < 4.78 is 28.6. The molecule has 0 aliphatic heterocycles. The molecule has 0 N–H and O–H groups in total. The molecule has 0 atom stereocenters. The fraction of sp³-hybridized carbons (Fsp3) is 0.111. The summed E-state index contributed by atoms with van der Waals surface area (Å²) in [6.07, 6.45) is 0. The van der Waals surface area contributed by atoms with Crippen molar-refractivity contribution in [2.45, 2.75) is 4.90 Å². The molecule has 76 valence electrons. The first-order valence-electron chi connectivity index (χ1n) is 3.72. The van der Waals surface area contributed by atoms with E-state index < -0.39 is 9.84 Å². The summed E-state index contributed by atoms with van der Waals surface area (Å²) in [5, 5.41) is 0.900. The van der Waals surface area contributed by atoms with Crippen LogP contribution in [0.5, 0.6) is 5.75 Å². The molecule has 0 amide bonds. The molecule has 0 bridgehead atoms. The molecule has 0 aromatic heterocycles. The number of hydrogen-bond acceptors (Lipinski definition) is 3. The molecule has 0 heterocycles. The Balaban J connectivity index is 3.46. The van der Waals surface area contributed by atoms with Gasteiger partial charge in [0.25, 0.3) is 0 Å². The molecule has 5 heteroatoms. The third-order valence-electron chi connectivity index (χ3n) is 1.65. The fourth-order valence-corrected chi connectivity index (χ4v) is 2.38. The lowest BCUT2D eigenvalue weighted by atomic mass is 10.3. The van der Waals surface area contributed by atoms with E-state index in [0.29, 0.717) is 10.2 Å². The SMILES string of the molecule is C=CS(=O)(=O)c1cc(Br)ccc1OC. The Kier molecular flexibility index (Phi) is 3.34. The van der Waals surface area contributed by atoms with Crippen LogP contribution < -0.4 is 4.74 Å². The van der Waals surface area contributed by atoms with Crippen LogP contribution >= 0.6 is 15.9 Å². The van der Waals surface area contributed by atoms with Crippen molar-refractivity contribution in [1.29, 1.82) is 0 Å². The quantitative estimate of drug-likeness (QED) is 0.852. The molecule has 3 nitrogen and oxygen atoms in total. The highest BCUT2D eigenvalue weighted by molar-refractivity contribution is 9.10. The lowest BCUT2D eigenvalue weighted by Crippen LogP contribution is -1.99. The van der Waals surface area contributed by atoms with Crippen molar-refractivity contribution in [3.63, 3.8) is 0 Å². The predicted octanol–water partition coefficient (Wildman–Crippen LogP) is 2.37. The first kappa shape index (κ1) is 11.3. The van der Waals surface area contributed by atoms with Gasteiger partial charge in [0.1, 0.15) is 10.6 Å². The molecule has 0 radical (unpaired) electrons. The van der Waals surface area contributed by atoms with E-state index in [0.717, 1.165) is 5.41 Å². The maximum absolute atomic E-state index is 11.5. The van der Waals surface area contributed by atoms with Crippen LogP contribution in [0.2, 0.25) is 0 Å². The molecule has 1 rings (SSSR count). The van der Waals surface area contributed by atoms with Crippen molar-refractivity contribution in [2.24, 2.45) is 0 Å². The summed E-state index contributed by atoms with van der Waals surface area (Å²) in [7, 11) is -2.03. The molecule has 0 saturated heterocycles. The minimum Gasteiger partial charge on any atom is -0.495 e. The standard InChI is InChI=1S/C9H9BrO3S/c1-3-14(11,12)9-6-7(10)4-5-8(9)13-2/h3-6H,1H2,2H3. The highest BCUT2D eigenvalue weighted by atomic mass is 79.9. The number of hydrogen-bond donors (Lipinski definition) is 0. The van der Waals surface area contributed by atoms with Crippen LogP contribution in [0, 0.1) is 0 Å². The van der Waals surface area contributed by atoms with Crippen LogP contribution in [0.4, 0.5) is 0 Å². The highest BCUT2D eigenvalue weighted by Crippen LogP contribution is 2.28. The number of sulfone groups is 1.